The molecule has 23 heavy (non-hydrogen) atoms. The Balaban J connectivity index is 1.82. The number of benzene rings is 2. The van der Waals surface area contributed by atoms with Gasteiger partial charge in [-0.15, -0.1) is 0 Å². The van der Waals surface area contributed by atoms with Crippen LogP contribution in [0.4, 0.5) is 11.4 Å². The Morgan fingerprint density at radius 3 is 2.74 bits per heavy atom. The molecule has 0 radical (unpaired) electrons. The molecule has 1 N–H and O–H groups in total. The lowest BCUT2D eigenvalue weighted by Gasteiger charge is -2.29. The standard InChI is InChI=1S/C18H20N2O3/c1-22-18-12-16(20-7-9-23-10-8-20)6-5-14(18)13-19-15-3-2-4-17(21)11-15/h2-6,11-13,21H,7-10H2,1H3. The van der Waals surface area contributed by atoms with E-state index in [4.69, 9.17) is 9.47 Å². The molecule has 0 spiro atoms. The van der Waals surface area contributed by atoms with Crippen LogP contribution in [0, 0.1) is 0 Å². The summed E-state index contributed by atoms with van der Waals surface area (Å²) < 4.78 is 10.9. The summed E-state index contributed by atoms with van der Waals surface area (Å²) in [4.78, 5) is 6.67. The van der Waals surface area contributed by atoms with Gasteiger partial charge in [0.25, 0.3) is 0 Å². The maximum atomic E-state index is 9.48. The quantitative estimate of drug-likeness (QED) is 0.882. The molecule has 0 bridgehead atoms. The van der Waals surface area contributed by atoms with E-state index < -0.39 is 0 Å². The predicted molar refractivity (Wildman–Crippen MR) is 91.4 cm³/mol. The van der Waals surface area contributed by atoms with Gasteiger partial charge in [-0.1, -0.05) is 6.07 Å². The van der Waals surface area contributed by atoms with Crippen molar-refractivity contribution in [1.29, 1.82) is 0 Å². The lowest BCUT2D eigenvalue weighted by atomic mass is 10.1. The number of nitrogens with zero attached hydrogens (tertiary/aromatic N) is 2. The highest BCUT2D eigenvalue weighted by molar-refractivity contribution is 5.86. The van der Waals surface area contributed by atoms with Crippen LogP contribution in [-0.2, 0) is 4.74 Å². The molecule has 0 saturated carbocycles. The van der Waals surface area contributed by atoms with Crippen molar-refractivity contribution in [1.82, 2.24) is 0 Å². The van der Waals surface area contributed by atoms with Gasteiger partial charge in [-0.2, -0.15) is 0 Å². The largest absolute Gasteiger partial charge is 0.508 e. The normalized spacial score (nSPS) is 15.1. The molecule has 1 saturated heterocycles. The summed E-state index contributed by atoms with van der Waals surface area (Å²) >= 11 is 0. The molecule has 0 aliphatic carbocycles. The van der Waals surface area contributed by atoms with Gasteiger partial charge in [-0.3, -0.25) is 4.99 Å². The molecule has 0 unspecified atom stereocenters. The number of morpholine rings is 1. The Labute approximate surface area is 135 Å². The number of aliphatic imine (C=N–C) groups is 1. The van der Waals surface area contributed by atoms with Gasteiger partial charge in [-0.25, -0.2) is 0 Å². The molecular weight excluding hydrogens is 292 g/mol. The number of rotatable bonds is 4. The molecule has 2 aromatic carbocycles. The number of methoxy groups -OCH3 is 1. The fourth-order valence-corrected chi connectivity index (χ4v) is 2.54. The third-order valence-electron chi connectivity index (χ3n) is 3.78. The van der Waals surface area contributed by atoms with Crippen LogP contribution in [0.2, 0.25) is 0 Å². The summed E-state index contributed by atoms with van der Waals surface area (Å²) in [5.74, 6) is 0.979. The maximum Gasteiger partial charge on any atom is 0.129 e. The molecule has 5 nitrogen and oxygen atoms in total. The van der Waals surface area contributed by atoms with E-state index >= 15 is 0 Å². The number of phenolic OH excluding ortho intramolecular Hbond substituents is 1. The number of ether oxygens (including phenoxy) is 2. The number of hydrogen-bond donors (Lipinski definition) is 1. The minimum Gasteiger partial charge on any atom is -0.508 e. The van der Waals surface area contributed by atoms with Crippen molar-refractivity contribution in [3.8, 4) is 11.5 Å². The first kappa shape index (κ1) is 15.4. The highest BCUT2D eigenvalue weighted by atomic mass is 16.5. The number of hydrogen-bond acceptors (Lipinski definition) is 5. The molecule has 1 aliphatic heterocycles. The van der Waals surface area contributed by atoms with Crippen LogP contribution >= 0.6 is 0 Å². The third kappa shape index (κ3) is 3.81. The van der Waals surface area contributed by atoms with Crippen LogP contribution < -0.4 is 9.64 Å². The van der Waals surface area contributed by atoms with Crippen LogP contribution in [0.5, 0.6) is 11.5 Å². The lowest BCUT2D eigenvalue weighted by molar-refractivity contribution is 0.122. The second kappa shape index (κ2) is 7.15. The first-order valence-corrected chi connectivity index (χ1v) is 7.60. The van der Waals surface area contributed by atoms with E-state index in [2.05, 4.69) is 16.0 Å². The molecule has 2 aromatic rings. The number of aromatic hydroxyl groups is 1. The summed E-state index contributed by atoms with van der Waals surface area (Å²) in [6.45, 7) is 3.28. The summed E-state index contributed by atoms with van der Waals surface area (Å²) in [7, 11) is 1.66. The van der Waals surface area contributed by atoms with Crippen LogP contribution in [0.3, 0.4) is 0 Å². The van der Waals surface area contributed by atoms with Crippen LogP contribution in [0.15, 0.2) is 47.5 Å². The minimum absolute atomic E-state index is 0.203. The molecule has 0 amide bonds. The summed E-state index contributed by atoms with van der Waals surface area (Å²) in [5, 5.41) is 9.48. The molecular formula is C18H20N2O3. The smallest absolute Gasteiger partial charge is 0.129 e. The van der Waals surface area contributed by atoms with Gasteiger partial charge in [-0.05, 0) is 24.3 Å². The molecule has 1 fully saturated rings. The average molecular weight is 312 g/mol. The fraction of sp³-hybridized carbons (Fsp3) is 0.278. The Bertz CT molecular complexity index is 694. The molecule has 1 heterocycles. The SMILES string of the molecule is COc1cc(N2CCOCC2)ccc1C=Nc1cccc(O)c1. The molecule has 5 heteroatoms. The van der Waals surface area contributed by atoms with Crippen molar-refractivity contribution in [2.75, 3.05) is 38.3 Å². The van der Waals surface area contributed by atoms with Crippen LogP contribution in [-0.4, -0.2) is 44.7 Å². The number of anilines is 1. The second-order valence-corrected chi connectivity index (χ2v) is 5.30. The third-order valence-corrected chi connectivity index (χ3v) is 3.78. The monoisotopic (exact) mass is 312 g/mol. The topological polar surface area (TPSA) is 54.3 Å². The van der Waals surface area contributed by atoms with Crippen molar-refractivity contribution in [2.24, 2.45) is 4.99 Å². The highest BCUT2D eigenvalue weighted by Gasteiger charge is 2.13. The van der Waals surface area contributed by atoms with E-state index in [0.29, 0.717) is 5.69 Å². The summed E-state index contributed by atoms with van der Waals surface area (Å²) in [5.41, 5.74) is 2.72. The van der Waals surface area contributed by atoms with Gasteiger partial charge in [0.05, 0.1) is 26.0 Å². The Kier molecular flexibility index (Phi) is 4.78. The van der Waals surface area contributed by atoms with Crippen LogP contribution in [0.25, 0.3) is 0 Å². The van der Waals surface area contributed by atoms with E-state index in [1.807, 2.05) is 18.2 Å². The van der Waals surface area contributed by atoms with E-state index in [-0.39, 0.29) is 5.75 Å². The van der Waals surface area contributed by atoms with E-state index in [0.717, 1.165) is 43.3 Å². The molecule has 3 rings (SSSR count). The molecule has 120 valence electrons. The zero-order chi connectivity index (χ0) is 16.1. The highest BCUT2D eigenvalue weighted by Crippen LogP contribution is 2.26. The van der Waals surface area contributed by atoms with Crippen molar-refractivity contribution in [3.05, 3.63) is 48.0 Å². The zero-order valence-corrected chi connectivity index (χ0v) is 13.1. The summed E-state index contributed by atoms with van der Waals surface area (Å²) in [6, 6.07) is 12.9. The van der Waals surface area contributed by atoms with Gasteiger partial charge < -0.3 is 19.5 Å². The van der Waals surface area contributed by atoms with Crippen LogP contribution in [0.1, 0.15) is 5.56 Å². The average Bonchev–Trinajstić information content (AvgIpc) is 2.60. The van der Waals surface area contributed by atoms with Crippen molar-refractivity contribution in [2.45, 2.75) is 0 Å². The van der Waals surface area contributed by atoms with Crippen molar-refractivity contribution >= 4 is 17.6 Å². The van der Waals surface area contributed by atoms with E-state index in [1.54, 1.807) is 31.5 Å². The van der Waals surface area contributed by atoms with Gasteiger partial charge in [0.15, 0.2) is 0 Å². The maximum absolute atomic E-state index is 9.48. The molecule has 0 atom stereocenters. The van der Waals surface area contributed by atoms with Gasteiger partial charge >= 0.3 is 0 Å². The Morgan fingerprint density at radius 2 is 2.00 bits per heavy atom. The van der Waals surface area contributed by atoms with Gasteiger partial charge in [0.1, 0.15) is 11.5 Å². The van der Waals surface area contributed by atoms with Gasteiger partial charge in [0.2, 0.25) is 0 Å². The Hall–Kier alpha value is -2.53. The Morgan fingerprint density at radius 1 is 1.17 bits per heavy atom. The second-order valence-electron chi connectivity index (χ2n) is 5.30. The first-order chi connectivity index (χ1) is 11.3. The van der Waals surface area contributed by atoms with E-state index in [9.17, 15) is 5.11 Å². The predicted octanol–water partition coefficient (Wildman–Crippen LogP) is 2.99. The zero-order valence-electron chi connectivity index (χ0n) is 13.1. The fourth-order valence-electron chi connectivity index (χ4n) is 2.54. The van der Waals surface area contributed by atoms with Crippen molar-refractivity contribution in [3.63, 3.8) is 0 Å². The number of phenols is 1. The van der Waals surface area contributed by atoms with E-state index in [1.165, 1.54) is 0 Å². The van der Waals surface area contributed by atoms with Gasteiger partial charge in [0, 0.05) is 42.7 Å². The summed E-state index contributed by atoms with van der Waals surface area (Å²) in [6.07, 6.45) is 1.75. The minimum atomic E-state index is 0.203. The molecule has 1 aliphatic rings. The van der Waals surface area contributed by atoms with Crippen molar-refractivity contribution < 1.29 is 14.6 Å². The first-order valence-electron chi connectivity index (χ1n) is 7.60. The lowest BCUT2D eigenvalue weighted by Crippen LogP contribution is -2.36. The molecule has 0 aromatic heterocycles.